The van der Waals surface area contributed by atoms with E-state index in [1.54, 1.807) is 19.9 Å². The molecule has 30 heavy (non-hydrogen) atoms. The molecule has 0 radical (unpaired) electrons. The number of rotatable bonds is 10. The van der Waals surface area contributed by atoms with Crippen LogP contribution in [0, 0.1) is 6.92 Å². The number of amides is 1. The first kappa shape index (κ1) is 23.8. The van der Waals surface area contributed by atoms with Crippen LogP contribution >= 0.6 is 0 Å². The summed E-state index contributed by atoms with van der Waals surface area (Å²) >= 11 is 0. The zero-order chi connectivity index (χ0) is 22.4. The average Bonchev–Trinajstić information content (AvgIpc) is 2.71. The summed E-state index contributed by atoms with van der Waals surface area (Å²) in [7, 11) is -5.94. The molecule has 2 rings (SSSR count). The van der Waals surface area contributed by atoms with Crippen LogP contribution in [0.3, 0.4) is 0 Å². The molecule has 0 atom stereocenters. The number of benzene rings is 2. The molecule has 3 N–H and O–H groups in total. The first-order chi connectivity index (χ1) is 14.1. The Balaban J connectivity index is 1.99. The normalized spacial score (nSPS) is 11.8. The summed E-state index contributed by atoms with van der Waals surface area (Å²) in [5.41, 5.74) is 0.800. The van der Waals surface area contributed by atoms with Gasteiger partial charge in [-0.25, -0.2) is 26.3 Å². The van der Waals surface area contributed by atoms with Gasteiger partial charge in [-0.1, -0.05) is 13.0 Å². The minimum Gasteiger partial charge on any atom is -0.497 e. The molecular formula is C19H25N3O6S2. The second-order valence-electron chi connectivity index (χ2n) is 6.31. The lowest BCUT2D eigenvalue weighted by molar-refractivity contribution is 0.0953. The summed E-state index contributed by atoms with van der Waals surface area (Å²) in [6.45, 7) is 3.57. The molecule has 0 unspecified atom stereocenters. The number of hydrogen-bond acceptors (Lipinski definition) is 6. The maximum atomic E-state index is 12.5. The topological polar surface area (TPSA) is 131 Å². The van der Waals surface area contributed by atoms with Gasteiger partial charge < -0.3 is 10.1 Å². The fraction of sp³-hybridized carbons (Fsp3) is 0.316. The van der Waals surface area contributed by atoms with E-state index in [-0.39, 0.29) is 35.0 Å². The van der Waals surface area contributed by atoms with E-state index >= 15 is 0 Å². The molecule has 0 heterocycles. The van der Waals surface area contributed by atoms with Crippen LogP contribution in [0.2, 0.25) is 0 Å². The van der Waals surface area contributed by atoms with Crippen LogP contribution in [0.25, 0.3) is 0 Å². The molecule has 9 nitrogen and oxygen atoms in total. The molecule has 1 amide bonds. The van der Waals surface area contributed by atoms with Gasteiger partial charge in [-0.3, -0.25) is 4.79 Å². The third kappa shape index (κ3) is 6.02. The SMILES string of the molecule is CCNS(=O)(=O)c1ccc(C)c(C(=O)NCCNS(=O)(=O)c2ccc(OC)cc2)c1. The molecule has 0 fully saturated rings. The Morgan fingerprint density at radius 3 is 2.10 bits per heavy atom. The summed E-state index contributed by atoms with van der Waals surface area (Å²) in [6, 6.07) is 10.2. The van der Waals surface area contributed by atoms with E-state index in [9.17, 15) is 21.6 Å². The molecule has 0 aliphatic heterocycles. The van der Waals surface area contributed by atoms with E-state index in [0.29, 0.717) is 11.3 Å². The van der Waals surface area contributed by atoms with Gasteiger partial charge in [0.05, 0.1) is 16.9 Å². The van der Waals surface area contributed by atoms with Gasteiger partial charge in [0.15, 0.2) is 0 Å². The highest BCUT2D eigenvalue weighted by Gasteiger charge is 2.18. The van der Waals surface area contributed by atoms with Gasteiger partial charge in [0.2, 0.25) is 20.0 Å². The second-order valence-corrected chi connectivity index (χ2v) is 9.84. The molecule has 11 heteroatoms. The van der Waals surface area contributed by atoms with Crippen molar-refractivity contribution in [2.75, 3.05) is 26.7 Å². The maximum Gasteiger partial charge on any atom is 0.251 e. The van der Waals surface area contributed by atoms with Crippen LogP contribution in [0.5, 0.6) is 5.75 Å². The number of nitrogens with one attached hydrogen (secondary N) is 3. The summed E-state index contributed by atoms with van der Waals surface area (Å²) in [5.74, 6) is 0.0414. The highest BCUT2D eigenvalue weighted by Crippen LogP contribution is 2.16. The Morgan fingerprint density at radius 1 is 0.900 bits per heavy atom. The first-order valence-electron chi connectivity index (χ1n) is 9.13. The Labute approximate surface area is 176 Å². The quantitative estimate of drug-likeness (QED) is 0.458. The van der Waals surface area contributed by atoms with Crippen LogP contribution in [-0.2, 0) is 20.0 Å². The van der Waals surface area contributed by atoms with E-state index in [1.165, 1.54) is 43.5 Å². The molecule has 0 aliphatic carbocycles. The fourth-order valence-electron chi connectivity index (χ4n) is 2.58. The zero-order valence-electron chi connectivity index (χ0n) is 16.9. The predicted octanol–water partition coefficient (Wildman–Crippen LogP) is 1.01. The summed E-state index contributed by atoms with van der Waals surface area (Å²) in [4.78, 5) is 12.5. The van der Waals surface area contributed by atoms with Crippen molar-refractivity contribution in [1.29, 1.82) is 0 Å². The first-order valence-corrected chi connectivity index (χ1v) is 12.1. The molecule has 2 aromatic carbocycles. The predicted molar refractivity (Wildman–Crippen MR) is 113 cm³/mol. The molecule has 2 aromatic rings. The van der Waals surface area contributed by atoms with Gasteiger partial charge >= 0.3 is 0 Å². The zero-order valence-corrected chi connectivity index (χ0v) is 18.6. The number of carbonyl (C=O) groups is 1. The Morgan fingerprint density at radius 2 is 1.50 bits per heavy atom. The highest BCUT2D eigenvalue weighted by atomic mass is 32.2. The molecule has 164 valence electrons. The standard InChI is InChI=1S/C19H25N3O6S2/c1-4-21-30(26,27)17-8-5-14(2)18(13-17)19(23)20-11-12-22-29(24,25)16-9-6-15(28-3)7-10-16/h5-10,13,21-22H,4,11-12H2,1-3H3,(H,20,23). The van der Waals surface area contributed by atoms with Crippen molar-refractivity contribution in [2.24, 2.45) is 0 Å². The molecule has 0 saturated carbocycles. The van der Waals surface area contributed by atoms with Gasteiger partial charge in [0.1, 0.15) is 5.75 Å². The Kier molecular flexibility index (Phi) is 7.96. The molecule has 0 saturated heterocycles. The lowest BCUT2D eigenvalue weighted by Crippen LogP contribution is -2.35. The van der Waals surface area contributed by atoms with Crippen LogP contribution in [0.15, 0.2) is 52.3 Å². The maximum absolute atomic E-state index is 12.5. The smallest absolute Gasteiger partial charge is 0.251 e. The van der Waals surface area contributed by atoms with Gasteiger partial charge in [-0.2, -0.15) is 0 Å². The number of sulfonamides is 2. The van der Waals surface area contributed by atoms with Crippen LogP contribution < -0.4 is 19.5 Å². The number of carbonyl (C=O) groups excluding carboxylic acids is 1. The van der Waals surface area contributed by atoms with Crippen LogP contribution in [-0.4, -0.2) is 49.5 Å². The minimum absolute atomic E-state index is 0.0136. The van der Waals surface area contributed by atoms with Crippen LogP contribution in [0.4, 0.5) is 0 Å². The summed E-state index contributed by atoms with van der Waals surface area (Å²) in [5, 5.41) is 2.59. The van der Waals surface area contributed by atoms with Crippen LogP contribution in [0.1, 0.15) is 22.8 Å². The van der Waals surface area contributed by atoms with E-state index in [4.69, 9.17) is 4.74 Å². The average molecular weight is 456 g/mol. The summed E-state index contributed by atoms with van der Waals surface area (Å²) in [6.07, 6.45) is 0. The van der Waals surface area contributed by atoms with Gasteiger partial charge in [0, 0.05) is 25.2 Å². The van der Waals surface area contributed by atoms with Gasteiger partial charge in [-0.15, -0.1) is 0 Å². The van der Waals surface area contributed by atoms with Crippen molar-refractivity contribution in [3.05, 3.63) is 53.6 Å². The monoisotopic (exact) mass is 455 g/mol. The summed E-state index contributed by atoms with van der Waals surface area (Å²) < 4.78 is 58.6. The fourth-order valence-corrected chi connectivity index (χ4v) is 4.68. The third-order valence-electron chi connectivity index (χ3n) is 4.17. The van der Waals surface area contributed by atoms with E-state index in [2.05, 4.69) is 14.8 Å². The van der Waals surface area contributed by atoms with Crippen molar-refractivity contribution >= 4 is 26.0 Å². The van der Waals surface area contributed by atoms with Crippen molar-refractivity contribution in [1.82, 2.24) is 14.8 Å². The molecule has 0 bridgehead atoms. The van der Waals surface area contributed by atoms with Crippen molar-refractivity contribution in [3.8, 4) is 5.75 Å². The van der Waals surface area contributed by atoms with Crippen molar-refractivity contribution < 1.29 is 26.4 Å². The van der Waals surface area contributed by atoms with Crippen molar-refractivity contribution in [2.45, 2.75) is 23.6 Å². The lowest BCUT2D eigenvalue weighted by Gasteiger charge is -2.11. The Bertz CT molecular complexity index is 1100. The lowest BCUT2D eigenvalue weighted by atomic mass is 10.1. The van der Waals surface area contributed by atoms with Crippen molar-refractivity contribution in [3.63, 3.8) is 0 Å². The van der Waals surface area contributed by atoms with E-state index in [1.807, 2.05) is 0 Å². The number of ether oxygens (including phenoxy) is 1. The highest BCUT2D eigenvalue weighted by molar-refractivity contribution is 7.89. The molecule has 0 aliphatic rings. The number of methoxy groups -OCH3 is 1. The molecular weight excluding hydrogens is 430 g/mol. The molecule has 0 spiro atoms. The third-order valence-corrected chi connectivity index (χ3v) is 7.19. The van der Waals surface area contributed by atoms with Gasteiger partial charge in [-0.05, 0) is 48.9 Å². The Hall–Kier alpha value is -2.47. The minimum atomic E-state index is -3.73. The second kappa shape index (κ2) is 10.0. The number of hydrogen-bond donors (Lipinski definition) is 3. The van der Waals surface area contributed by atoms with E-state index < -0.39 is 26.0 Å². The number of aryl methyl sites for hydroxylation is 1. The molecule has 0 aromatic heterocycles. The largest absolute Gasteiger partial charge is 0.497 e. The van der Waals surface area contributed by atoms with E-state index in [0.717, 1.165) is 0 Å². The van der Waals surface area contributed by atoms with Gasteiger partial charge in [0.25, 0.3) is 5.91 Å².